The summed E-state index contributed by atoms with van der Waals surface area (Å²) in [5, 5.41) is 7.59. The van der Waals surface area contributed by atoms with Crippen LogP contribution in [-0.4, -0.2) is 15.5 Å². The van der Waals surface area contributed by atoms with Gasteiger partial charge < -0.3 is 5.32 Å². The van der Waals surface area contributed by atoms with E-state index in [0.29, 0.717) is 21.4 Å². The maximum absolute atomic E-state index is 12.2. The van der Waals surface area contributed by atoms with Gasteiger partial charge in [-0.05, 0) is 30.3 Å². The second kappa shape index (κ2) is 5.15. The quantitative estimate of drug-likeness (QED) is 0.780. The van der Waals surface area contributed by atoms with Gasteiger partial charge in [-0.3, -0.25) is 4.79 Å². The monoisotopic (exact) mass is 305 g/mol. The lowest BCUT2D eigenvalue weighted by molar-refractivity contribution is 0.102. The predicted octanol–water partition coefficient (Wildman–Crippen LogP) is 3.89. The molecule has 0 aliphatic carbocycles. The van der Waals surface area contributed by atoms with Crippen LogP contribution in [0, 0.1) is 0 Å². The summed E-state index contributed by atoms with van der Waals surface area (Å²) in [5.74, 6) is -0.335. The number of nitrogens with one attached hydrogen (secondary N) is 1. The van der Waals surface area contributed by atoms with Gasteiger partial charge in [-0.25, -0.2) is 4.52 Å². The Hall–Kier alpha value is -2.04. The van der Waals surface area contributed by atoms with E-state index in [1.807, 2.05) is 18.2 Å². The molecule has 4 nitrogen and oxygen atoms in total. The van der Waals surface area contributed by atoms with Crippen molar-refractivity contribution in [2.24, 2.45) is 0 Å². The number of rotatable bonds is 2. The van der Waals surface area contributed by atoms with E-state index < -0.39 is 0 Å². The Morgan fingerprint density at radius 1 is 1.15 bits per heavy atom. The van der Waals surface area contributed by atoms with Crippen LogP contribution in [0.4, 0.5) is 5.69 Å². The first-order valence-corrected chi connectivity index (χ1v) is 6.60. The number of anilines is 1. The van der Waals surface area contributed by atoms with Crippen LogP contribution in [0.2, 0.25) is 10.0 Å². The molecule has 0 spiro atoms. The highest BCUT2D eigenvalue weighted by Crippen LogP contribution is 2.29. The Balaban J connectivity index is 1.91. The Bertz CT molecular complexity index is 765. The molecule has 0 aliphatic rings. The molecular weight excluding hydrogens is 297 g/mol. The largest absolute Gasteiger partial charge is 0.319 e. The van der Waals surface area contributed by atoms with E-state index in [0.717, 1.165) is 5.52 Å². The Kier molecular flexibility index (Phi) is 3.34. The number of aromatic nitrogens is 2. The molecule has 2 heterocycles. The second-order valence-corrected chi connectivity index (χ2v) is 4.94. The van der Waals surface area contributed by atoms with Crippen LogP contribution in [0.15, 0.2) is 48.7 Å². The average molecular weight is 306 g/mol. The molecule has 20 heavy (non-hydrogen) atoms. The van der Waals surface area contributed by atoms with Crippen LogP contribution in [0.1, 0.15) is 10.5 Å². The zero-order valence-electron chi connectivity index (χ0n) is 10.2. The van der Waals surface area contributed by atoms with Crippen molar-refractivity contribution in [1.29, 1.82) is 0 Å². The second-order valence-electron chi connectivity index (χ2n) is 4.16. The molecule has 0 unspecified atom stereocenters. The van der Waals surface area contributed by atoms with Gasteiger partial charge in [0, 0.05) is 6.20 Å². The van der Waals surface area contributed by atoms with Crippen molar-refractivity contribution in [1.82, 2.24) is 9.61 Å². The first-order chi connectivity index (χ1) is 9.65. The van der Waals surface area contributed by atoms with E-state index >= 15 is 0 Å². The van der Waals surface area contributed by atoms with Crippen LogP contribution in [0.25, 0.3) is 5.52 Å². The topological polar surface area (TPSA) is 46.4 Å². The van der Waals surface area contributed by atoms with E-state index in [-0.39, 0.29) is 5.91 Å². The fourth-order valence-electron chi connectivity index (χ4n) is 1.84. The Morgan fingerprint density at radius 2 is 2.00 bits per heavy atom. The summed E-state index contributed by atoms with van der Waals surface area (Å²) >= 11 is 11.9. The van der Waals surface area contributed by atoms with Gasteiger partial charge in [0.2, 0.25) is 0 Å². The SMILES string of the molecule is O=C(Nc1cccc(Cl)c1Cl)c1cc2ccccn2n1. The molecule has 1 aromatic carbocycles. The van der Waals surface area contributed by atoms with E-state index in [1.165, 1.54) is 0 Å². The number of benzene rings is 1. The molecule has 2 aromatic heterocycles. The molecule has 3 aromatic rings. The maximum atomic E-state index is 12.2. The van der Waals surface area contributed by atoms with Crippen LogP contribution in [-0.2, 0) is 0 Å². The van der Waals surface area contributed by atoms with Gasteiger partial charge in [0.15, 0.2) is 5.69 Å². The third-order valence-electron chi connectivity index (χ3n) is 2.80. The summed E-state index contributed by atoms with van der Waals surface area (Å²) in [5.41, 5.74) is 1.61. The number of nitrogens with zero attached hydrogens (tertiary/aromatic N) is 2. The molecule has 6 heteroatoms. The van der Waals surface area contributed by atoms with E-state index in [2.05, 4.69) is 10.4 Å². The van der Waals surface area contributed by atoms with Crippen molar-refractivity contribution >= 4 is 40.3 Å². The lowest BCUT2D eigenvalue weighted by Gasteiger charge is -2.06. The van der Waals surface area contributed by atoms with E-state index in [4.69, 9.17) is 23.2 Å². The molecular formula is C14H9Cl2N3O. The summed E-state index contributed by atoms with van der Waals surface area (Å²) in [6.07, 6.45) is 1.78. The van der Waals surface area contributed by atoms with Crippen molar-refractivity contribution in [2.45, 2.75) is 0 Å². The number of amides is 1. The number of halogens is 2. The molecule has 3 rings (SSSR count). The summed E-state index contributed by atoms with van der Waals surface area (Å²) in [4.78, 5) is 12.2. The van der Waals surface area contributed by atoms with Crippen LogP contribution in [0.3, 0.4) is 0 Å². The first-order valence-electron chi connectivity index (χ1n) is 5.85. The van der Waals surface area contributed by atoms with Crippen LogP contribution >= 0.6 is 23.2 Å². The molecule has 0 bridgehead atoms. The number of fused-ring (bicyclic) bond motifs is 1. The molecule has 0 atom stereocenters. The summed E-state index contributed by atoms with van der Waals surface area (Å²) in [7, 11) is 0. The molecule has 100 valence electrons. The number of carbonyl (C=O) groups is 1. The molecule has 0 saturated carbocycles. The van der Waals surface area contributed by atoms with E-state index in [9.17, 15) is 4.79 Å². The minimum Gasteiger partial charge on any atom is -0.319 e. The van der Waals surface area contributed by atoms with Crippen LogP contribution < -0.4 is 5.32 Å². The van der Waals surface area contributed by atoms with Gasteiger partial charge in [0.1, 0.15) is 0 Å². The predicted molar refractivity (Wildman–Crippen MR) is 79.6 cm³/mol. The Labute approximate surface area is 124 Å². The van der Waals surface area contributed by atoms with E-state index in [1.54, 1.807) is 35.0 Å². The normalized spacial score (nSPS) is 10.7. The molecule has 0 fully saturated rings. The number of hydrogen-bond donors (Lipinski definition) is 1. The van der Waals surface area contributed by atoms with Crippen molar-refractivity contribution < 1.29 is 4.79 Å². The summed E-state index contributed by atoms with van der Waals surface area (Å²) in [6, 6.07) is 12.4. The number of pyridine rings is 1. The average Bonchev–Trinajstić information content (AvgIpc) is 2.88. The fraction of sp³-hybridized carbons (Fsp3) is 0. The minimum atomic E-state index is -0.335. The molecule has 0 aliphatic heterocycles. The smallest absolute Gasteiger partial charge is 0.276 e. The molecule has 1 N–H and O–H groups in total. The standard InChI is InChI=1S/C14H9Cl2N3O/c15-10-5-3-6-11(13(10)16)17-14(20)12-8-9-4-1-2-7-19(9)18-12/h1-8H,(H,17,20). The van der Waals surface area contributed by atoms with Crippen molar-refractivity contribution in [2.75, 3.05) is 5.32 Å². The fourth-order valence-corrected chi connectivity index (χ4v) is 2.18. The highest BCUT2D eigenvalue weighted by atomic mass is 35.5. The lowest BCUT2D eigenvalue weighted by atomic mass is 10.3. The third kappa shape index (κ3) is 2.35. The maximum Gasteiger partial charge on any atom is 0.276 e. The van der Waals surface area contributed by atoms with Crippen molar-refractivity contribution in [3.8, 4) is 0 Å². The van der Waals surface area contributed by atoms with Gasteiger partial charge >= 0.3 is 0 Å². The Morgan fingerprint density at radius 3 is 2.80 bits per heavy atom. The highest BCUT2D eigenvalue weighted by Gasteiger charge is 2.13. The highest BCUT2D eigenvalue weighted by molar-refractivity contribution is 6.44. The first kappa shape index (κ1) is 13.0. The van der Waals surface area contributed by atoms with Gasteiger partial charge in [0.25, 0.3) is 5.91 Å². The van der Waals surface area contributed by atoms with Crippen LogP contribution in [0.5, 0.6) is 0 Å². The zero-order valence-corrected chi connectivity index (χ0v) is 11.7. The van der Waals surface area contributed by atoms with Crippen molar-refractivity contribution in [3.05, 3.63) is 64.4 Å². The summed E-state index contributed by atoms with van der Waals surface area (Å²) in [6.45, 7) is 0. The third-order valence-corrected chi connectivity index (χ3v) is 3.62. The number of hydrogen-bond acceptors (Lipinski definition) is 2. The molecule has 0 saturated heterocycles. The molecule has 1 amide bonds. The summed E-state index contributed by atoms with van der Waals surface area (Å²) < 4.78 is 1.63. The molecule has 0 radical (unpaired) electrons. The number of carbonyl (C=O) groups excluding carboxylic acids is 1. The van der Waals surface area contributed by atoms with Crippen molar-refractivity contribution in [3.63, 3.8) is 0 Å². The van der Waals surface area contributed by atoms with Gasteiger partial charge in [-0.15, -0.1) is 0 Å². The van der Waals surface area contributed by atoms with Gasteiger partial charge in [-0.2, -0.15) is 5.10 Å². The minimum absolute atomic E-state index is 0.311. The van der Waals surface area contributed by atoms with Gasteiger partial charge in [-0.1, -0.05) is 35.3 Å². The lowest BCUT2D eigenvalue weighted by Crippen LogP contribution is -2.13. The van der Waals surface area contributed by atoms with Gasteiger partial charge in [0.05, 0.1) is 21.2 Å². The zero-order chi connectivity index (χ0) is 14.1.